The third-order valence-corrected chi connectivity index (χ3v) is 4.21. The Hall–Kier alpha value is -3.24. The SMILES string of the molecule is CCN(CC)C1=CC(=C(C#N)C#N)c2c(ccc3ccccc23)O1. The fraction of sp³-hybridized carbons (Fsp3) is 0.200. The molecule has 0 fully saturated rings. The number of hydrogen-bond donors (Lipinski definition) is 0. The molecule has 24 heavy (non-hydrogen) atoms. The summed E-state index contributed by atoms with van der Waals surface area (Å²) in [5.74, 6) is 1.34. The Labute approximate surface area is 141 Å². The summed E-state index contributed by atoms with van der Waals surface area (Å²) in [4.78, 5) is 2.06. The van der Waals surface area contributed by atoms with Crippen LogP contribution in [-0.4, -0.2) is 18.0 Å². The van der Waals surface area contributed by atoms with Crippen molar-refractivity contribution in [1.29, 1.82) is 10.5 Å². The number of allylic oxidation sites excluding steroid dienone is 3. The third kappa shape index (κ3) is 2.49. The van der Waals surface area contributed by atoms with E-state index in [-0.39, 0.29) is 5.57 Å². The number of fused-ring (bicyclic) bond motifs is 3. The summed E-state index contributed by atoms with van der Waals surface area (Å²) in [6.45, 7) is 5.66. The lowest BCUT2D eigenvalue weighted by molar-refractivity contribution is 0.229. The second-order valence-electron chi connectivity index (χ2n) is 5.43. The Balaban J connectivity index is 2.33. The Morgan fingerprint density at radius 1 is 1.04 bits per heavy atom. The van der Waals surface area contributed by atoms with Gasteiger partial charge in [0.2, 0.25) is 0 Å². The normalized spacial score (nSPS) is 12.5. The molecule has 1 aliphatic heterocycles. The van der Waals surface area contributed by atoms with Crippen molar-refractivity contribution in [3.05, 3.63) is 59.5 Å². The average Bonchev–Trinajstić information content (AvgIpc) is 2.63. The first-order chi connectivity index (χ1) is 11.7. The molecular weight excluding hydrogens is 298 g/mol. The van der Waals surface area contributed by atoms with Crippen LogP contribution in [0, 0.1) is 22.7 Å². The Kier molecular flexibility index (Phi) is 4.22. The monoisotopic (exact) mass is 315 g/mol. The van der Waals surface area contributed by atoms with Crippen LogP contribution in [0.15, 0.2) is 53.9 Å². The van der Waals surface area contributed by atoms with Crippen molar-refractivity contribution in [1.82, 2.24) is 4.90 Å². The molecule has 0 radical (unpaired) electrons. The van der Waals surface area contributed by atoms with E-state index in [1.165, 1.54) is 0 Å². The first-order valence-electron chi connectivity index (χ1n) is 7.94. The van der Waals surface area contributed by atoms with Crippen molar-refractivity contribution < 1.29 is 4.74 Å². The van der Waals surface area contributed by atoms with E-state index in [9.17, 15) is 10.5 Å². The highest BCUT2D eigenvalue weighted by Crippen LogP contribution is 2.40. The predicted octanol–water partition coefficient (Wildman–Crippen LogP) is 4.22. The van der Waals surface area contributed by atoms with Crippen LogP contribution < -0.4 is 4.74 Å². The number of ether oxygens (including phenoxy) is 1. The van der Waals surface area contributed by atoms with E-state index in [2.05, 4.69) is 4.90 Å². The highest BCUT2D eigenvalue weighted by molar-refractivity contribution is 6.01. The van der Waals surface area contributed by atoms with Gasteiger partial charge in [-0.3, -0.25) is 0 Å². The summed E-state index contributed by atoms with van der Waals surface area (Å²) in [6.07, 6.45) is 1.81. The van der Waals surface area contributed by atoms with Crippen molar-refractivity contribution in [2.24, 2.45) is 0 Å². The molecule has 3 rings (SSSR count). The molecule has 2 aromatic rings. The van der Waals surface area contributed by atoms with Gasteiger partial charge in [0.1, 0.15) is 23.5 Å². The largest absolute Gasteiger partial charge is 0.441 e. The summed E-state index contributed by atoms with van der Waals surface area (Å²) in [6, 6.07) is 15.9. The minimum Gasteiger partial charge on any atom is -0.441 e. The van der Waals surface area contributed by atoms with Crippen molar-refractivity contribution in [3.63, 3.8) is 0 Å². The van der Waals surface area contributed by atoms with E-state index >= 15 is 0 Å². The molecule has 0 saturated heterocycles. The van der Waals surface area contributed by atoms with Crippen LogP contribution in [0.2, 0.25) is 0 Å². The van der Waals surface area contributed by atoms with Crippen LogP contribution in [0.3, 0.4) is 0 Å². The lowest BCUT2D eigenvalue weighted by Crippen LogP contribution is -2.27. The van der Waals surface area contributed by atoms with E-state index in [4.69, 9.17) is 4.74 Å². The third-order valence-electron chi connectivity index (χ3n) is 4.21. The van der Waals surface area contributed by atoms with Gasteiger partial charge in [0.25, 0.3) is 0 Å². The fourth-order valence-corrected chi connectivity index (χ4v) is 2.99. The first-order valence-corrected chi connectivity index (χ1v) is 7.94. The van der Waals surface area contributed by atoms with Crippen molar-refractivity contribution >= 4 is 16.3 Å². The van der Waals surface area contributed by atoms with E-state index in [0.717, 1.165) is 29.4 Å². The van der Waals surface area contributed by atoms with Crippen LogP contribution in [-0.2, 0) is 0 Å². The second kappa shape index (κ2) is 6.48. The molecule has 0 bridgehead atoms. The van der Waals surface area contributed by atoms with Crippen LogP contribution >= 0.6 is 0 Å². The van der Waals surface area contributed by atoms with Gasteiger partial charge in [0.05, 0.1) is 0 Å². The van der Waals surface area contributed by atoms with Gasteiger partial charge in [-0.05, 0) is 30.7 Å². The van der Waals surface area contributed by atoms with Gasteiger partial charge in [-0.15, -0.1) is 0 Å². The molecule has 0 unspecified atom stereocenters. The molecule has 118 valence electrons. The summed E-state index contributed by atoms with van der Waals surface area (Å²) >= 11 is 0. The van der Waals surface area contributed by atoms with Crippen molar-refractivity contribution in [2.75, 3.05) is 13.1 Å². The maximum Gasteiger partial charge on any atom is 0.196 e. The Morgan fingerprint density at radius 3 is 2.42 bits per heavy atom. The quantitative estimate of drug-likeness (QED) is 0.796. The van der Waals surface area contributed by atoms with E-state index in [0.29, 0.717) is 17.2 Å². The molecule has 0 saturated carbocycles. The first kappa shape index (κ1) is 15.6. The number of nitrogens with zero attached hydrogens (tertiary/aromatic N) is 3. The van der Waals surface area contributed by atoms with Gasteiger partial charge in [-0.2, -0.15) is 10.5 Å². The number of nitriles is 2. The highest BCUT2D eigenvalue weighted by Gasteiger charge is 2.24. The van der Waals surface area contributed by atoms with Gasteiger partial charge < -0.3 is 9.64 Å². The molecule has 4 nitrogen and oxygen atoms in total. The summed E-state index contributed by atoms with van der Waals surface area (Å²) < 4.78 is 6.09. The molecule has 0 spiro atoms. The van der Waals surface area contributed by atoms with E-state index in [1.807, 2.05) is 68.5 Å². The highest BCUT2D eigenvalue weighted by atomic mass is 16.5. The fourth-order valence-electron chi connectivity index (χ4n) is 2.99. The zero-order chi connectivity index (χ0) is 17.1. The lowest BCUT2D eigenvalue weighted by atomic mass is 9.92. The van der Waals surface area contributed by atoms with Gasteiger partial charge in [-0.1, -0.05) is 30.3 Å². The van der Waals surface area contributed by atoms with Crippen molar-refractivity contribution in [3.8, 4) is 17.9 Å². The summed E-state index contributed by atoms with van der Waals surface area (Å²) in [5.41, 5.74) is 1.53. The van der Waals surface area contributed by atoms with Gasteiger partial charge in [0.15, 0.2) is 5.88 Å². The van der Waals surface area contributed by atoms with Gasteiger partial charge in [0, 0.05) is 30.3 Å². The zero-order valence-corrected chi connectivity index (χ0v) is 13.7. The maximum absolute atomic E-state index is 9.40. The molecule has 1 heterocycles. The average molecular weight is 315 g/mol. The maximum atomic E-state index is 9.40. The van der Waals surface area contributed by atoms with Crippen LogP contribution in [0.25, 0.3) is 16.3 Å². The summed E-state index contributed by atoms with van der Waals surface area (Å²) in [5, 5.41) is 20.8. The lowest BCUT2D eigenvalue weighted by Gasteiger charge is -2.29. The Morgan fingerprint density at radius 2 is 1.75 bits per heavy atom. The number of rotatable bonds is 3. The second-order valence-corrected chi connectivity index (χ2v) is 5.43. The van der Waals surface area contributed by atoms with E-state index < -0.39 is 0 Å². The van der Waals surface area contributed by atoms with Crippen LogP contribution in [0.1, 0.15) is 19.4 Å². The van der Waals surface area contributed by atoms with Crippen molar-refractivity contribution in [2.45, 2.75) is 13.8 Å². The van der Waals surface area contributed by atoms with Crippen LogP contribution in [0.4, 0.5) is 0 Å². The van der Waals surface area contributed by atoms with Crippen LogP contribution in [0.5, 0.6) is 5.75 Å². The molecule has 0 aliphatic carbocycles. The van der Waals surface area contributed by atoms with Gasteiger partial charge in [-0.25, -0.2) is 0 Å². The molecule has 0 aromatic heterocycles. The number of hydrogen-bond acceptors (Lipinski definition) is 4. The Bertz CT molecular complexity index is 921. The molecular formula is C20H17N3O. The number of benzene rings is 2. The molecule has 4 heteroatoms. The standard InChI is InChI=1S/C20H17N3O/c1-3-23(4-2)19-11-17(15(12-21)13-22)20-16-8-6-5-7-14(16)9-10-18(20)24-19/h5-11H,3-4H2,1-2H3. The molecule has 0 N–H and O–H groups in total. The van der Waals surface area contributed by atoms with Gasteiger partial charge >= 0.3 is 0 Å². The zero-order valence-electron chi connectivity index (χ0n) is 13.7. The summed E-state index contributed by atoms with van der Waals surface area (Å²) in [7, 11) is 0. The molecule has 2 aromatic carbocycles. The molecule has 0 atom stereocenters. The molecule has 1 aliphatic rings. The minimum atomic E-state index is 0.0977. The van der Waals surface area contributed by atoms with E-state index in [1.54, 1.807) is 0 Å². The minimum absolute atomic E-state index is 0.0977. The molecule has 0 amide bonds. The topological polar surface area (TPSA) is 60.0 Å². The predicted molar refractivity (Wildman–Crippen MR) is 93.7 cm³/mol. The smallest absolute Gasteiger partial charge is 0.196 e.